The van der Waals surface area contributed by atoms with Crippen molar-refractivity contribution < 1.29 is 32.0 Å². The molecule has 1 amide bonds. The molecule has 0 radical (unpaired) electrons. The van der Waals surface area contributed by atoms with Crippen LogP contribution in [-0.4, -0.2) is 22.1 Å². The first kappa shape index (κ1) is 22.9. The first-order valence-electron chi connectivity index (χ1n) is 10.0. The van der Waals surface area contributed by atoms with Crippen LogP contribution in [0.2, 0.25) is 0 Å². The third-order valence-electron chi connectivity index (χ3n) is 4.59. The summed E-state index contributed by atoms with van der Waals surface area (Å²) in [5.74, 6) is 0.153. The second-order valence-electron chi connectivity index (χ2n) is 7.23. The number of nitrogens with zero attached hydrogens (tertiary/aromatic N) is 2. The Morgan fingerprint density at radius 3 is 2.68 bits per heavy atom. The Kier molecular flexibility index (Phi) is 6.26. The summed E-state index contributed by atoms with van der Waals surface area (Å²) in [6.45, 7) is 1.13. The van der Waals surface area contributed by atoms with Crippen LogP contribution in [0.25, 0.3) is 5.65 Å². The normalized spacial score (nSPS) is 11.4. The Morgan fingerprint density at radius 2 is 1.88 bits per heavy atom. The molecule has 2 aromatic carbocycles. The molecule has 8 nitrogen and oxygen atoms in total. The van der Waals surface area contributed by atoms with Crippen molar-refractivity contribution in [3.05, 3.63) is 88.0 Å². The number of amides is 1. The second-order valence-corrected chi connectivity index (χ2v) is 7.23. The Hall–Kier alpha value is -4.28. The molecule has 0 bridgehead atoms. The summed E-state index contributed by atoms with van der Waals surface area (Å²) in [6.07, 6.45) is -4.51. The van der Waals surface area contributed by atoms with E-state index >= 15 is 0 Å². The SMILES string of the molecule is Cc1cc2nc(COc3ccccc3NC(=O)COc3cccc(C(F)(F)F)c3)cc(=O)n2o1. The third kappa shape index (κ3) is 5.37. The number of nitrogens with one attached hydrogen (secondary N) is 1. The average Bonchev–Trinajstić information content (AvgIpc) is 3.17. The van der Waals surface area contributed by atoms with Crippen molar-refractivity contribution in [3.8, 4) is 11.5 Å². The topological polar surface area (TPSA) is 95.1 Å². The van der Waals surface area contributed by atoms with Crippen molar-refractivity contribution in [2.75, 3.05) is 11.9 Å². The van der Waals surface area contributed by atoms with Crippen molar-refractivity contribution in [2.24, 2.45) is 0 Å². The fourth-order valence-electron chi connectivity index (χ4n) is 3.09. The van der Waals surface area contributed by atoms with Crippen molar-refractivity contribution >= 4 is 17.2 Å². The smallest absolute Gasteiger partial charge is 0.416 e. The second kappa shape index (κ2) is 9.30. The third-order valence-corrected chi connectivity index (χ3v) is 4.59. The predicted molar refractivity (Wildman–Crippen MR) is 115 cm³/mol. The van der Waals surface area contributed by atoms with Crippen LogP contribution < -0.4 is 20.3 Å². The number of halogens is 3. The summed E-state index contributed by atoms with van der Waals surface area (Å²) < 4.78 is 55.7. The van der Waals surface area contributed by atoms with Gasteiger partial charge in [0.25, 0.3) is 11.5 Å². The fraction of sp³-hybridized carbons (Fsp3) is 0.174. The minimum absolute atomic E-state index is 0.0520. The highest BCUT2D eigenvalue weighted by Crippen LogP contribution is 2.31. The fourth-order valence-corrected chi connectivity index (χ4v) is 3.09. The number of hydrogen-bond donors (Lipinski definition) is 1. The Labute approximate surface area is 190 Å². The first-order chi connectivity index (χ1) is 16.2. The Balaban J connectivity index is 1.40. The molecule has 0 saturated heterocycles. The molecule has 0 aliphatic rings. The maximum Gasteiger partial charge on any atom is 0.416 e. The Morgan fingerprint density at radius 1 is 1.09 bits per heavy atom. The van der Waals surface area contributed by atoms with Gasteiger partial charge in [-0.05, 0) is 37.3 Å². The molecule has 0 aliphatic heterocycles. The van der Waals surface area contributed by atoms with Crippen LogP contribution in [0.1, 0.15) is 17.0 Å². The van der Waals surface area contributed by atoms with Crippen LogP contribution in [0.4, 0.5) is 18.9 Å². The maximum absolute atomic E-state index is 12.8. The molecule has 0 spiro atoms. The summed E-state index contributed by atoms with van der Waals surface area (Å²) >= 11 is 0. The molecule has 2 aromatic heterocycles. The van der Waals surface area contributed by atoms with Gasteiger partial charge in [0, 0.05) is 12.1 Å². The molecule has 0 saturated carbocycles. The molecule has 1 N–H and O–H groups in total. The van der Waals surface area contributed by atoms with Crippen LogP contribution in [0.3, 0.4) is 0 Å². The van der Waals surface area contributed by atoms with E-state index in [9.17, 15) is 22.8 Å². The number of benzene rings is 2. The van der Waals surface area contributed by atoms with E-state index in [2.05, 4.69) is 10.3 Å². The lowest BCUT2D eigenvalue weighted by Crippen LogP contribution is -2.21. The number of rotatable bonds is 7. The van der Waals surface area contributed by atoms with E-state index in [1.165, 1.54) is 18.2 Å². The number of carbonyl (C=O) groups is 1. The van der Waals surface area contributed by atoms with Gasteiger partial charge in [-0.3, -0.25) is 9.59 Å². The van der Waals surface area contributed by atoms with Gasteiger partial charge in [-0.1, -0.05) is 18.2 Å². The molecule has 34 heavy (non-hydrogen) atoms. The maximum atomic E-state index is 12.8. The van der Waals surface area contributed by atoms with Crippen LogP contribution in [-0.2, 0) is 17.6 Å². The number of fused-ring (bicyclic) bond motifs is 1. The lowest BCUT2D eigenvalue weighted by Gasteiger charge is -2.13. The van der Waals surface area contributed by atoms with Gasteiger partial charge < -0.3 is 19.3 Å². The number of para-hydroxylation sites is 2. The minimum atomic E-state index is -4.51. The number of ether oxygens (including phenoxy) is 2. The Bertz CT molecular complexity index is 1390. The van der Waals surface area contributed by atoms with E-state index < -0.39 is 29.8 Å². The minimum Gasteiger partial charge on any atom is -0.485 e. The van der Waals surface area contributed by atoms with E-state index in [1.807, 2.05) is 0 Å². The van der Waals surface area contributed by atoms with Gasteiger partial charge in [-0.2, -0.15) is 13.2 Å². The van der Waals surface area contributed by atoms with E-state index in [1.54, 1.807) is 37.3 Å². The summed E-state index contributed by atoms with van der Waals surface area (Å²) in [7, 11) is 0. The van der Waals surface area contributed by atoms with Crippen LogP contribution in [0.15, 0.2) is 70.0 Å². The van der Waals surface area contributed by atoms with E-state index in [-0.39, 0.29) is 12.4 Å². The first-order valence-corrected chi connectivity index (χ1v) is 10.0. The lowest BCUT2D eigenvalue weighted by atomic mass is 10.2. The van der Waals surface area contributed by atoms with Crippen LogP contribution >= 0.6 is 0 Å². The number of aryl methyl sites for hydroxylation is 1. The molecule has 0 aliphatic carbocycles. The molecule has 2 heterocycles. The van der Waals surface area contributed by atoms with Crippen LogP contribution in [0.5, 0.6) is 11.5 Å². The molecule has 0 atom stereocenters. The molecular weight excluding hydrogens is 455 g/mol. The molecule has 4 aromatic rings. The van der Waals surface area contributed by atoms with Crippen molar-refractivity contribution in [3.63, 3.8) is 0 Å². The van der Waals surface area contributed by atoms with E-state index in [0.29, 0.717) is 28.5 Å². The number of alkyl halides is 3. The molecule has 0 fully saturated rings. The average molecular weight is 473 g/mol. The quantitative estimate of drug-likeness (QED) is 0.432. The predicted octanol–water partition coefficient (Wildman–Crippen LogP) is 4.21. The zero-order valence-electron chi connectivity index (χ0n) is 17.8. The zero-order valence-corrected chi connectivity index (χ0v) is 17.8. The molecule has 4 rings (SSSR count). The molecule has 0 unspecified atom stereocenters. The number of carbonyl (C=O) groups excluding carboxylic acids is 1. The van der Waals surface area contributed by atoms with Crippen molar-refractivity contribution in [1.29, 1.82) is 0 Å². The van der Waals surface area contributed by atoms with Gasteiger partial charge >= 0.3 is 6.18 Å². The van der Waals surface area contributed by atoms with E-state index in [0.717, 1.165) is 16.7 Å². The molecule has 176 valence electrons. The van der Waals surface area contributed by atoms with Gasteiger partial charge in [0.1, 0.15) is 23.9 Å². The van der Waals surface area contributed by atoms with E-state index in [4.69, 9.17) is 14.0 Å². The van der Waals surface area contributed by atoms with Gasteiger partial charge in [-0.15, -0.1) is 4.57 Å². The molecule has 11 heteroatoms. The highest BCUT2D eigenvalue weighted by atomic mass is 19.4. The summed E-state index contributed by atoms with van der Waals surface area (Å²) in [5, 5.41) is 2.59. The number of hydrogen-bond acceptors (Lipinski definition) is 6. The summed E-state index contributed by atoms with van der Waals surface area (Å²) in [5.41, 5.74) is -0.250. The van der Waals surface area contributed by atoms with Gasteiger partial charge in [0.15, 0.2) is 12.3 Å². The highest BCUT2D eigenvalue weighted by molar-refractivity contribution is 5.93. The molecular formula is C23H18F3N3O5. The van der Waals surface area contributed by atoms with Crippen molar-refractivity contribution in [2.45, 2.75) is 19.7 Å². The number of anilines is 1. The van der Waals surface area contributed by atoms with Gasteiger partial charge in [0.05, 0.1) is 16.9 Å². The monoisotopic (exact) mass is 473 g/mol. The standard InChI is InChI=1S/C23H18F3N3O5/c1-14-9-20-27-16(11-22(31)29(20)34-14)12-33-19-8-3-2-7-18(19)28-21(30)13-32-17-6-4-5-15(10-17)23(24,25)26/h2-11H,12-13H2,1H3,(H,28,30). The summed E-state index contributed by atoms with van der Waals surface area (Å²) in [4.78, 5) is 28.8. The lowest BCUT2D eigenvalue weighted by molar-refractivity contribution is -0.137. The largest absolute Gasteiger partial charge is 0.485 e. The van der Waals surface area contributed by atoms with Crippen LogP contribution in [0, 0.1) is 6.92 Å². The number of aromatic nitrogens is 2. The van der Waals surface area contributed by atoms with Gasteiger partial charge in [-0.25, -0.2) is 4.98 Å². The summed E-state index contributed by atoms with van der Waals surface area (Å²) in [6, 6.07) is 13.7. The zero-order chi connectivity index (χ0) is 24.3. The van der Waals surface area contributed by atoms with Gasteiger partial charge in [0.2, 0.25) is 0 Å². The highest BCUT2D eigenvalue weighted by Gasteiger charge is 2.30. The van der Waals surface area contributed by atoms with Crippen molar-refractivity contribution in [1.82, 2.24) is 9.56 Å².